The van der Waals surface area contributed by atoms with Crippen molar-refractivity contribution < 1.29 is 4.79 Å². The molecule has 2 atom stereocenters. The number of thiazole rings is 1. The van der Waals surface area contributed by atoms with Crippen LogP contribution in [0.15, 0.2) is 29.6 Å². The molecule has 23 heavy (non-hydrogen) atoms. The molecule has 1 aromatic heterocycles. The number of benzene rings is 1. The first-order valence-electron chi connectivity index (χ1n) is 7.71. The molecule has 0 unspecified atom stereocenters. The molecule has 1 heterocycles. The maximum Gasteiger partial charge on any atom is 0.227 e. The van der Waals surface area contributed by atoms with Crippen molar-refractivity contribution in [3.63, 3.8) is 0 Å². The Morgan fingerprint density at radius 3 is 2.70 bits per heavy atom. The number of nitrogens with zero attached hydrogens (tertiary/aromatic N) is 1. The first kappa shape index (κ1) is 17.9. The molecule has 4 nitrogen and oxygen atoms in total. The van der Waals surface area contributed by atoms with Crippen molar-refractivity contribution in [1.29, 1.82) is 0 Å². The van der Waals surface area contributed by atoms with E-state index in [0.717, 1.165) is 41.2 Å². The van der Waals surface area contributed by atoms with Crippen LogP contribution in [-0.4, -0.2) is 17.4 Å². The van der Waals surface area contributed by atoms with Gasteiger partial charge in [-0.3, -0.25) is 4.79 Å². The summed E-state index contributed by atoms with van der Waals surface area (Å²) in [5, 5.41) is 6.07. The molecule has 1 amide bonds. The van der Waals surface area contributed by atoms with Gasteiger partial charge in [0.15, 0.2) is 0 Å². The van der Waals surface area contributed by atoms with Crippen LogP contribution >= 0.6 is 23.7 Å². The third-order valence-corrected chi connectivity index (χ3v) is 5.33. The molecule has 0 saturated heterocycles. The highest BCUT2D eigenvalue weighted by Gasteiger charge is 2.31. The number of amides is 1. The summed E-state index contributed by atoms with van der Waals surface area (Å²) in [7, 11) is 0. The number of rotatable bonds is 4. The SMILES string of the molecule is Cc1csc(-c2ccc(NC(=O)[C@@H]3CCC[C@@H]3CN)cc2)n1.Cl. The van der Waals surface area contributed by atoms with E-state index >= 15 is 0 Å². The molecule has 1 aromatic carbocycles. The molecular formula is C17H22ClN3OS. The lowest BCUT2D eigenvalue weighted by molar-refractivity contribution is -0.120. The van der Waals surface area contributed by atoms with Crippen LogP contribution < -0.4 is 11.1 Å². The highest BCUT2D eigenvalue weighted by Crippen LogP contribution is 2.32. The second-order valence-electron chi connectivity index (χ2n) is 5.89. The highest BCUT2D eigenvalue weighted by molar-refractivity contribution is 7.13. The molecule has 0 bridgehead atoms. The van der Waals surface area contributed by atoms with Crippen molar-refractivity contribution in [2.24, 2.45) is 17.6 Å². The third-order valence-electron chi connectivity index (χ3n) is 4.32. The van der Waals surface area contributed by atoms with Gasteiger partial charge >= 0.3 is 0 Å². The molecular weight excluding hydrogens is 330 g/mol. The summed E-state index contributed by atoms with van der Waals surface area (Å²) < 4.78 is 0. The third kappa shape index (κ3) is 4.10. The van der Waals surface area contributed by atoms with Gasteiger partial charge in [0.25, 0.3) is 0 Å². The van der Waals surface area contributed by atoms with Crippen LogP contribution in [0.3, 0.4) is 0 Å². The summed E-state index contributed by atoms with van der Waals surface area (Å²) in [5.74, 6) is 0.495. The van der Waals surface area contributed by atoms with E-state index in [0.29, 0.717) is 12.5 Å². The second-order valence-corrected chi connectivity index (χ2v) is 6.75. The quantitative estimate of drug-likeness (QED) is 0.879. The minimum absolute atomic E-state index is 0. The lowest BCUT2D eigenvalue weighted by Gasteiger charge is -2.17. The van der Waals surface area contributed by atoms with Crippen LogP contribution in [0.2, 0.25) is 0 Å². The van der Waals surface area contributed by atoms with E-state index in [-0.39, 0.29) is 24.2 Å². The molecule has 124 valence electrons. The lowest BCUT2D eigenvalue weighted by Crippen LogP contribution is -2.29. The summed E-state index contributed by atoms with van der Waals surface area (Å²) in [4.78, 5) is 16.8. The topological polar surface area (TPSA) is 68.0 Å². The summed E-state index contributed by atoms with van der Waals surface area (Å²) in [6.07, 6.45) is 3.11. The van der Waals surface area contributed by atoms with Crippen molar-refractivity contribution in [3.05, 3.63) is 35.3 Å². The molecule has 0 spiro atoms. The fourth-order valence-corrected chi connectivity index (χ4v) is 3.89. The van der Waals surface area contributed by atoms with Gasteiger partial charge in [0.05, 0.1) is 0 Å². The number of halogens is 1. The van der Waals surface area contributed by atoms with Gasteiger partial charge in [-0.2, -0.15) is 0 Å². The van der Waals surface area contributed by atoms with Gasteiger partial charge in [-0.05, 0) is 56.5 Å². The van der Waals surface area contributed by atoms with Crippen molar-refractivity contribution in [2.45, 2.75) is 26.2 Å². The van der Waals surface area contributed by atoms with E-state index in [1.807, 2.05) is 36.6 Å². The average Bonchev–Trinajstić information content (AvgIpc) is 3.16. The number of nitrogens with one attached hydrogen (secondary N) is 1. The maximum atomic E-state index is 12.4. The molecule has 1 aliphatic carbocycles. The molecule has 3 rings (SSSR count). The predicted molar refractivity (Wildman–Crippen MR) is 98.1 cm³/mol. The Labute approximate surface area is 146 Å². The fraction of sp³-hybridized carbons (Fsp3) is 0.412. The molecule has 1 saturated carbocycles. The molecule has 1 fully saturated rings. The Morgan fingerprint density at radius 1 is 1.35 bits per heavy atom. The number of aryl methyl sites for hydroxylation is 1. The van der Waals surface area contributed by atoms with Crippen LogP contribution in [0, 0.1) is 18.8 Å². The van der Waals surface area contributed by atoms with Crippen LogP contribution in [0.5, 0.6) is 0 Å². The van der Waals surface area contributed by atoms with Gasteiger partial charge in [0, 0.05) is 28.2 Å². The minimum atomic E-state index is 0. The molecule has 1 aliphatic rings. The van der Waals surface area contributed by atoms with Crippen LogP contribution in [0.4, 0.5) is 5.69 Å². The fourth-order valence-electron chi connectivity index (χ4n) is 3.08. The largest absolute Gasteiger partial charge is 0.330 e. The van der Waals surface area contributed by atoms with Gasteiger partial charge in [0.2, 0.25) is 5.91 Å². The Bertz CT molecular complexity index is 656. The number of anilines is 1. The number of aromatic nitrogens is 1. The zero-order valence-corrected chi connectivity index (χ0v) is 14.8. The average molecular weight is 352 g/mol. The van der Waals surface area contributed by atoms with E-state index in [4.69, 9.17) is 5.73 Å². The van der Waals surface area contributed by atoms with Gasteiger partial charge < -0.3 is 11.1 Å². The van der Waals surface area contributed by atoms with Crippen LogP contribution in [-0.2, 0) is 4.79 Å². The van der Waals surface area contributed by atoms with Gasteiger partial charge in [-0.25, -0.2) is 4.98 Å². The van der Waals surface area contributed by atoms with Crippen molar-refractivity contribution in [2.75, 3.05) is 11.9 Å². The maximum absolute atomic E-state index is 12.4. The van der Waals surface area contributed by atoms with E-state index < -0.39 is 0 Å². The Balaban J connectivity index is 0.00000192. The monoisotopic (exact) mass is 351 g/mol. The predicted octanol–water partition coefficient (Wildman–Crippen LogP) is 3.85. The zero-order chi connectivity index (χ0) is 15.5. The summed E-state index contributed by atoms with van der Waals surface area (Å²) in [6.45, 7) is 2.59. The van der Waals surface area contributed by atoms with E-state index in [2.05, 4.69) is 10.3 Å². The molecule has 6 heteroatoms. The summed E-state index contributed by atoms with van der Waals surface area (Å²) >= 11 is 1.63. The molecule has 3 N–H and O–H groups in total. The number of carbonyl (C=O) groups excluding carboxylic acids is 1. The number of nitrogens with two attached hydrogens (primary N) is 1. The Hall–Kier alpha value is -1.43. The minimum Gasteiger partial charge on any atom is -0.330 e. The van der Waals surface area contributed by atoms with Gasteiger partial charge in [-0.15, -0.1) is 23.7 Å². The highest BCUT2D eigenvalue weighted by atomic mass is 35.5. The number of hydrogen-bond donors (Lipinski definition) is 2. The van der Waals surface area contributed by atoms with Gasteiger partial charge in [0.1, 0.15) is 5.01 Å². The standard InChI is InChI=1S/C17H21N3OS.ClH/c1-11-10-22-17(19-11)12-5-7-14(8-6-12)20-16(21)15-4-2-3-13(15)9-18;/h5-8,10,13,15H,2-4,9,18H2,1H3,(H,20,21);1H/t13-,15-;/m1./s1. The Morgan fingerprint density at radius 2 is 2.09 bits per heavy atom. The Kier molecular flexibility index (Phi) is 6.16. The van der Waals surface area contributed by atoms with E-state index in [1.54, 1.807) is 11.3 Å². The summed E-state index contributed by atoms with van der Waals surface area (Å²) in [6, 6.07) is 7.89. The first-order chi connectivity index (χ1) is 10.7. The molecule has 2 aromatic rings. The van der Waals surface area contributed by atoms with E-state index in [9.17, 15) is 4.79 Å². The van der Waals surface area contributed by atoms with Crippen molar-refractivity contribution >= 4 is 35.3 Å². The second kappa shape index (κ2) is 7.90. The smallest absolute Gasteiger partial charge is 0.227 e. The molecule has 0 aliphatic heterocycles. The zero-order valence-electron chi connectivity index (χ0n) is 13.1. The first-order valence-corrected chi connectivity index (χ1v) is 8.59. The lowest BCUT2D eigenvalue weighted by atomic mass is 9.95. The normalized spacial score (nSPS) is 20.1. The van der Waals surface area contributed by atoms with Gasteiger partial charge in [-0.1, -0.05) is 6.42 Å². The van der Waals surface area contributed by atoms with Crippen molar-refractivity contribution in [1.82, 2.24) is 4.98 Å². The van der Waals surface area contributed by atoms with Crippen LogP contribution in [0.25, 0.3) is 10.6 Å². The number of carbonyl (C=O) groups is 1. The van der Waals surface area contributed by atoms with E-state index in [1.165, 1.54) is 0 Å². The van der Waals surface area contributed by atoms with Crippen LogP contribution in [0.1, 0.15) is 25.0 Å². The summed E-state index contributed by atoms with van der Waals surface area (Å²) in [5.41, 5.74) is 8.71. The number of hydrogen-bond acceptors (Lipinski definition) is 4. The molecule has 0 radical (unpaired) electrons. The van der Waals surface area contributed by atoms with Crippen molar-refractivity contribution in [3.8, 4) is 10.6 Å².